The summed E-state index contributed by atoms with van der Waals surface area (Å²) in [6.45, 7) is 4.02. The van der Waals surface area contributed by atoms with Crippen LogP contribution in [0.25, 0.3) is 0 Å². The fourth-order valence-corrected chi connectivity index (χ4v) is 2.49. The summed E-state index contributed by atoms with van der Waals surface area (Å²) in [7, 11) is 0. The topological polar surface area (TPSA) is 17.1 Å². The first-order valence-electron chi connectivity index (χ1n) is 6.05. The molecule has 1 aromatic rings. The van der Waals surface area contributed by atoms with Crippen LogP contribution in [-0.4, -0.2) is 5.78 Å². The van der Waals surface area contributed by atoms with Crippen LogP contribution in [0.3, 0.4) is 0 Å². The number of halogens is 2. The molecule has 0 bridgehead atoms. The maximum atomic E-state index is 11.3. The van der Waals surface area contributed by atoms with E-state index < -0.39 is 0 Å². The lowest BCUT2D eigenvalue weighted by molar-refractivity contribution is -0.118. The molecule has 0 aliphatic carbocycles. The molecule has 0 saturated heterocycles. The molecular weight excluding hydrogens is 255 g/mol. The minimum absolute atomic E-state index is 0.313. The number of ketones is 1. The zero-order valence-corrected chi connectivity index (χ0v) is 11.8. The third kappa shape index (κ3) is 4.33. The average molecular weight is 273 g/mol. The standard InChI is InChI=1S/C14H18Cl2O/c1-3-10(5-7-12(17)4-2)13-8-6-11(15)9-14(13)16/h6,8-10H,3-5,7H2,1-2H3. The lowest BCUT2D eigenvalue weighted by Gasteiger charge is -2.16. The van der Waals surface area contributed by atoms with E-state index in [4.69, 9.17) is 23.2 Å². The van der Waals surface area contributed by atoms with Gasteiger partial charge in [-0.25, -0.2) is 0 Å². The summed E-state index contributed by atoms with van der Waals surface area (Å²) in [6.07, 6.45) is 3.10. The molecule has 0 radical (unpaired) electrons. The van der Waals surface area contributed by atoms with E-state index in [-0.39, 0.29) is 0 Å². The Hall–Kier alpha value is -0.530. The number of hydrogen-bond acceptors (Lipinski definition) is 1. The predicted molar refractivity (Wildman–Crippen MR) is 74.0 cm³/mol. The normalized spacial score (nSPS) is 12.5. The van der Waals surface area contributed by atoms with Crippen molar-refractivity contribution in [2.24, 2.45) is 0 Å². The zero-order chi connectivity index (χ0) is 12.8. The van der Waals surface area contributed by atoms with Crippen LogP contribution in [0.2, 0.25) is 10.0 Å². The Morgan fingerprint density at radius 2 is 2.00 bits per heavy atom. The molecule has 1 atom stereocenters. The van der Waals surface area contributed by atoms with Crippen LogP contribution in [0, 0.1) is 0 Å². The van der Waals surface area contributed by atoms with Crippen molar-refractivity contribution in [1.29, 1.82) is 0 Å². The number of carbonyl (C=O) groups is 1. The third-order valence-electron chi connectivity index (χ3n) is 3.06. The Bertz CT molecular complexity index is 388. The SMILES string of the molecule is CCC(=O)CCC(CC)c1ccc(Cl)cc1Cl. The summed E-state index contributed by atoms with van der Waals surface area (Å²) in [5, 5.41) is 1.35. The second-order valence-corrected chi connectivity index (χ2v) is 5.05. The van der Waals surface area contributed by atoms with E-state index in [1.54, 1.807) is 6.07 Å². The molecule has 0 aliphatic heterocycles. The van der Waals surface area contributed by atoms with Gasteiger partial charge in [0, 0.05) is 22.9 Å². The first kappa shape index (κ1) is 14.5. The minimum atomic E-state index is 0.313. The van der Waals surface area contributed by atoms with E-state index in [1.165, 1.54) is 0 Å². The van der Waals surface area contributed by atoms with Crippen molar-refractivity contribution in [3.05, 3.63) is 33.8 Å². The second kappa shape index (κ2) is 7.03. The molecule has 1 nitrogen and oxygen atoms in total. The molecule has 3 heteroatoms. The summed E-state index contributed by atoms with van der Waals surface area (Å²) >= 11 is 12.1. The smallest absolute Gasteiger partial charge is 0.132 e. The number of Topliss-reactive ketones (excluding diaryl/α,β-unsaturated/α-hetero) is 1. The van der Waals surface area contributed by atoms with Crippen LogP contribution < -0.4 is 0 Å². The fraction of sp³-hybridized carbons (Fsp3) is 0.500. The molecule has 0 amide bonds. The lowest BCUT2D eigenvalue weighted by atomic mass is 9.91. The predicted octanol–water partition coefficient (Wildman–Crippen LogP) is 5.25. The molecule has 0 saturated carbocycles. The number of carbonyl (C=O) groups excluding carboxylic acids is 1. The Labute approximate surface area is 113 Å². The first-order chi connectivity index (χ1) is 8.08. The van der Waals surface area contributed by atoms with Gasteiger partial charge in [0.2, 0.25) is 0 Å². The van der Waals surface area contributed by atoms with Crippen molar-refractivity contribution in [3.63, 3.8) is 0 Å². The molecule has 1 rings (SSSR count). The molecule has 1 unspecified atom stereocenters. The van der Waals surface area contributed by atoms with Gasteiger partial charge in [0.15, 0.2) is 0 Å². The van der Waals surface area contributed by atoms with Crippen LogP contribution in [-0.2, 0) is 4.79 Å². The minimum Gasteiger partial charge on any atom is -0.300 e. The maximum absolute atomic E-state index is 11.3. The van der Waals surface area contributed by atoms with E-state index >= 15 is 0 Å². The van der Waals surface area contributed by atoms with E-state index in [0.717, 1.165) is 18.4 Å². The largest absolute Gasteiger partial charge is 0.300 e. The van der Waals surface area contributed by atoms with Gasteiger partial charge in [0.25, 0.3) is 0 Å². The molecule has 0 heterocycles. The van der Waals surface area contributed by atoms with Crippen LogP contribution >= 0.6 is 23.2 Å². The zero-order valence-electron chi connectivity index (χ0n) is 10.3. The molecule has 0 aliphatic rings. The van der Waals surface area contributed by atoms with Crippen molar-refractivity contribution < 1.29 is 4.79 Å². The highest BCUT2D eigenvalue weighted by Crippen LogP contribution is 2.32. The van der Waals surface area contributed by atoms with Gasteiger partial charge in [0.1, 0.15) is 5.78 Å². The molecule has 94 valence electrons. The number of benzene rings is 1. The van der Waals surface area contributed by atoms with Crippen LogP contribution in [0.1, 0.15) is 51.0 Å². The monoisotopic (exact) mass is 272 g/mol. The Morgan fingerprint density at radius 3 is 2.53 bits per heavy atom. The van der Waals surface area contributed by atoms with Gasteiger partial charge in [-0.2, -0.15) is 0 Å². The van der Waals surface area contributed by atoms with Gasteiger partial charge >= 0.3 is 0 Å². The van der Waals surface area contributed by atoms with Crippen LogP contribution in [0.4, 0.5) is 0 Å². The van der Waals surface area contributed by atoms with Crippen LogP contribution in [0.5, 0.6) is 0 Å². The summed E-state index contributed by atoms with van der Waals surface area (Å²) in [5.41, 5.74) is 1.10. The molecular formula is C14H18Cl2O. The van der Waals surface area contributed by atoms with Crippen molar-refractivity contribution in [2.45, 2.75) is 45.4 Å². The second-order valence-electron chi connectivity index (χ2n) is 4.20. The highest BCUT2D eigenvalue weighted by molar-refractivity contribution is 6.35. The van der Waals surface area contributed by atoms with Crippen molar-refractivity contribution in [2.75, 3.05) is 0 Å². The summed E-state index contributed by atoms with van der Waals surface area (Å²) in [6, 6.07) is 5.59. The molecule has 0 N–H and O–H groups in total. The van der Waals surface area contributed by atoms with Gasteiger partial charge in [-0.1, -0.05) is 43.1 Å². The summed E-state index contributed by atoms with van der Waals surface area (Å²) in [5.74, 6) is 0.656. The van der Waals surface area contributed by atoms with E-state index in [1.807, 2.05) is 19.1 Å². The van der Waals surface area contributed by atoms with Crippen molar-refractivity contribution in [3.8, 4) is 0 Å². The average Bonchev–Trinajstić information content (AvgIpc) is 2.31. The maximum Gasteiger partial charge on any atom is 0.132 e. The molecule has 0 fully saturated rings. The molecule has 0 spiro atoms. The van der Waals surface area contributed by atoms with E-state index in [2.05, 4.69) is 6.92 Å². The Balaban J connectivity index is 2.75. The van der Waals surface area contributed by atoms with Gasteiger partial charge in [-0.15, -0.1) is 0 Å². The van der Waals surface area contributed by atoms with Gasteiger partial charge in [-0.05, 0) is 36.5 Å². The van der Waals surface area contributed by atoms with E-state index in [0.29, 0.717) is 34.6 Å². The van der Waals surface area contributed by atoms with Crippen LogP contribution in [0.15, 0.2) is 18.2 Å². The lowest BCUT2D eigenvalue weighted by Crippen LogP contribution is -2.03. The Morgan fingerprint density at radius 1 is 1.29 bits per heavy atom. The highest BCUT2D eigenvalue weighted by Gasteiger charge is 2.14. The van der Waals surface area contributed by atoms with Gasteiger partial charge < -0.3 is 0 Å². The molecule has 1 aromatic carbocycles. The number of hydrogen-bond donors (Lipinski definition) is 0. The first-order valence-corrected chi connectivity index (χ1v) is 6.80. The van der Waals surface area contributed by atoms with E-state index in [9.17, 15) is 4.79 Å². The Kier molecular flexibility index (Phi) is 6.01. The quantitative estimate of drug-likeness (QED) is 0.692. The van der Waals surface area contributed by atoms with Crippen molar-refractivity contribution >= 4 is 29.0 Å². The number of rotatable bonds is 6. The fourth-order valence-electron chi connectivity index (χ4n) is 1.92. The molecule has 17 heavy (non-hydrogen) atoms. The summed E-state index contributed by atoms with van der Waals surface area (Å²) in [4.78, 5) is 11.3. The summed E-state index contributed by atoms with van der Waals surface area (Å²) < 4.78 is 0. The highest BCUT2D eigenvalue weighted by atomic mass is 35.5. The van der Waals surface area contributed by atoms with Gasteiger partial charge in [-0.3, -0.25) is 4.79 Å². The third-order valence-corrected chi connectivity index (χ3v) is 3.62. The van der Waals surface area contributed by atoms with Crippen molar-refractivity contribution in [1.82, 2.24) is 0 Å². The molecule has 0 aromatic heterocycles. The van der Waals surface area contributed by atoms with Gasteiger partial charge in [0.05, 0.1) is 0 Å².